The van der Waals surface area contributed by atoms with E-state index in [9.17, 15) is 26.4 Å². The first-order valence-electron chi connectivity index (χ1n) is 8.26. The van der Waals surface area contributed by atoms with Crippen LogP contribution in [0.4, 0.5) is 18.9 Å². The number of aryl methyl sites for hydroxylation is 1. The molecule has 0 aliphatic rings. The summed E-state index contributed by atoms with van der Waals surface area (Å²) in [6, 6.07) is 7.48. The molecule has 0 spiro atoms. The predicted molar refractivity (Wildman–Crippen MR) is 98.4 cm³/mol. The normalized spacial score (nSPS) is 11.3. The molecule has 0 fully saturated rings. The minimum atomic E-state index is -4.78. The fourth-order valence-electron chi connectivity index (χ4n) is 2.62. The number of carbonyl (C=O) groups excluding carboxylic acids is 1. The van der Waals surface area contributed by atoms with Crippen LogP contribution in [0.1, 0.15) is 21.9 Å². The lowest BCUT2D eigenvalue weighted by Gasteiger charge is -2.12. The van der Waals surface area contributed by atoms with Gasteiger partial charge < -0.3 is 0 Å². The third-order valence-electron chi connectivity index (χ3n) is 3.91. The highest BCUT2D eigenvalue weighted by Gasteiger charge is 2.26. The summed E-state index contributed by atoms with van der Waals surface area (Å²) < 4.78 is 68.9. The van der Waals surface area contributed by atoms with Gasteiger partial charge in [-0.2, -0.15) is 0 Å². The number of aromatic nitrogens is 2. The van der Waals surface area contributed by atoms with E-state index in [4.69, 9.17) is 0 Å². The van der Waals surface area contributed by atoms with Crippen LogP contribution in [0.2, 0.25) is 0 Å². The molecule has 0 aliphatic carbocycles. The summed E-state index contributed by atoms with van der Waals surface area (Å²) in [5.41, 5.74) is -0.644. The van der Waals surface area contributed by atoms with E-state index in [1.165, 1.54) is 24.4 Å². The molecule has 1 heterocycles. The average Bonchev–Trinajstić information content (AvgIpc) is 2.63. The molecule has 150 valence electrons. The summed E-state index contributed by atoms with van der Waals surface area (Å²) in [5.74, 6) is -4.04. The largest absolute Gasteiger partial charge is 0.294 e. The Morgan fingerprint density at radius 3 is 2.34 bits per heavy atom. The van der Waals surface area contributed by atoms with E-state index in [1.807, 2.05) is 0 Å². The van der Waals surface area contributed by atoms with E-state index in [2.05, 4.69) is 9.97 Å². The van der Waals surface area contributed by atoms with E-state index in [1.54, 1.807) is 11.6 Å². The first kappa shape index (κ1) is 20.5. The van der Waals surface area contributed by atoms with Crippen LogP contribution < -0.4 is 4.72 Å². The van der Waals surface area contributed by atoms with Crippen LogP contribution in [-0.2, 0) is 16.4 Å². The topological polar surface area (TPSA) is 89.0 Å². The van der Waals surface area contributed by atoms with Crippen molar-refractivity contribution in [2.45, 2.75) is 18.2 Å². The highest BCUT2D eigenvalue weighted by atomic mass is 32.2. The molecule has 0 atom stereocenters. The lowest BCUT2D eigenvalue weighted by Crippen LogP contribution is -2.18. The Morgan fingerprint density at radius 2 is 1.69 bits per heavy atom. The number of benzene rings is 2. The molecular weight excluding hydrogens is 407 g/mol. The van der Waals surface area contributed by atoms with Crippen LogP contribution in [0, 0.1) is 24.4 Å². The minimum absolute atomic E-state index is 0.238. The summed E-state index contributed by atoms with van der Waals surface area (Å²) in [6.07, 6.45) is 1.22. The molecule has 6 nitrogen and oxygen atoms in total. The Bertz CT molecular complexity index is 1180. The smallest absolute Gasteiger partial charge is 0.267 e. The Kier molecular flexibility index (Phi) is 5.64. The summed E-state index contributed by atoms with van der Waals surface area (Å²) in [4.78, 5) is 19.2. The highest BCUT2D eigenvalue weighted by molar-refractivity contribution is 7.92. The molecular formula is C19H14F3N3O3S. The molecule has 0 saturated carbocycles. The third kappa shape index (κ3) is 4.43. The number of sulfonamides is 1. The van der Waals surface area contributed by atoms with Crippen molar-refractivity contribution in [3.63, 3.8) is 0 Å². The fraction of sp³-hybridized carbons (Fsp3) is 0.105. The number of rotatable bonds is 6. The van der Waals surface area contributed by atoms with Gasteiger partial charge in [-0.1, -0.05) is 12.1 Å². The van der Waals surface area contributed by atoms with Gasteiger partial charge in [0.15, 0.2) is 16.5 Å². The van der Waals surface area contributed by atoms with Crippen LogP contribution in [0.5, 0.6) is 0 Å². The van der Waals surface area contributed by atoms with Crippen molar-refractivity contribution in [3.05, 3.63) is 83.2 Å². The van der Waals surface area contributed by atoms with Gasteiger partial charge in [0, 0.05) is 6.20 Å². The molecule has 0 radical (unpaired) electrons. The Labute approximate surface area is 164 Å². The molecule has 3 rings (SSSR count). The fourth-order valence-corrected chi connectivity index (χ4v) is 3.82. The Hall–Kier alpha value is -3.27. The molecule has 0 aliphatic heterocycles. The molecule has 0 bridgehead atoms. The third-order valence-corrected chi connectivity index (χ3v) is 5.32. The zero-order valence-electron chi connectivity index (χ0n) is 15.0. The maximum atomic E-state index is 14.8. The number of ketones is 1. The minimum Gasteiger partial charge on any atom is -0.294 e. The van der Waals surface area contributed by atoms with Gasteiger partial charge >= 0.3 is 0 Å². The zero-order chi connectivity index (χ0) is 21.2. The van der Waals surface area contributed by atoms with Gasteiger partial charge in [-0.3, -0.25) is 9.52 Å². The van der Waals surface area contributed by atoms with Crippen LogP contribution in [0.15, 0.2) is 53.6 Å². The molecule has 1 aromatic heterocycles. The van der Waals surface area contributed by atoms with Crippen molar-refractivity contribution in [2.24, 2.45) is 0 Å². The predicted octanol–water partition coefficient (Wildman–Crippen LogP) is 3.43. The summed E-state index contributed by atoms with van der Waals surface area (Å²) in [6.45, 7) is 1.63. The van der Waals surface area contributed by atoms with E-state index in [0.29, 0.717) is 11.5 Å². The van der Waals surface area contributed by atoms with Crippen molar-refractivity contribution in [2.75, 3.05) is 4.72 Å². The molecule has 2 aromatic carbocycles. The van der Waals surface area contributed by atoms with Crippen LogP contribution in [0.3, 0.4) is 0 Å². The monoisotopic (exact) mass is 421 g/mol. The molecule has 10 heteroatoms. The van der Waals surface area contributed by atoms with Gasteiger partial charge in [0.2, 0.25) is 0 Å². The number of nitrogens with one attached hydrogen (secondary N) is 1. The van der Waals surface area contributed by atoms with Gasteiger partial charge in [-0.05, 0) is 37.3 Å². The zero-order valence-corrected chi connectivity index (χ0v) is 15.8. The maximum absolute atomic E-state index is 14.8. The van der Waals surface area contributed by atoms with Gasteiger partial charge in [0.1, 0.15) is 17.5 Å². The van der Waals surface area contributed by atoms with Crippen molar-refractivity contribution >= 4 is 21.5 Å². The van der Waals surface area contributed by atoms with E-state index in [0.717, 1.165) is 24.3 Å². The van der Waals surface area contributed by atoms with Gasteiger partial charge in [0.25, 0.3) is 10.0 Å². The molecule has 0 unspecified atom stereocenters. The summed E-state index contributed by atoms with van der Waals surface area (Å²) in [5, 5.41) is 0. The second-order valence-electron chi connectivity index (χ2n) is 6.02. The average molecular weight is 421 g/mol. The Balaban J connectivity index is 1.92. The van der Waals surface area contributed by atoms with Gasteiger partial charge in [-0.25, -0.2) is 31.6 Å². The Morgan fingerprint density at radius 1 is 1.03 bits per heavy atom. The van der Waals surface area contributed by atoms with Gasteiger partial charge in [0.05, 0.1) is 23.4 Å². The quantitative estimate of drug-likeness (QED) is 0.616. The van der Waals surface area contributed by atoms with Crippen molar-refractivity contribution in [1.82, 2.24) is 9.97 Å². The number of halogens is 3. The lowest BCUT2D eigenvalue weighted by molar-refractivity contribution is 0.0988. The SMILES string of the molecule is Cc1nccc(CC(=O)c2cccc(NS(=O)(=O)c3c(F)cccc3F)c2F)n1. The van der Waals surface area contributed by atoms with E-state index < -0.39 is 49.4 Å². The number of nitrogens with zero attached hydrogens (tertiary/aromatic N) is 2. The van der Waals surface area contributed by atoms with Gasteiger partial charge in [-0.15, -0.1) is 0 Å². The molecule has 0 saturated heterocycles. The maximum Gasteiger partial charge on any atom is 0.267 e. The van der Waals surface area contributed by atoms with E-state index >= 15 is 0 Å². The van der Waals surface area contributed by atoms with Crippen LogP contribution in [-0.4, -0.2) is 24.2 Å². The first-order chi connectivity index (χ1) is 13.7. The van der Waals surface area contributed by atoms with E-state index in [-0.39, 0.29) is 6.42 Å². The molecule has 29 heavy (non-hydrogen) atoms. The number of Topliss-reactive ketones (excluding diaryl/α,β-unsaturated/α-hetero) is 1. The number of anilines is 1. The summed E-state index contributed by atoms with van der Waals surface area (Å²) >= 11 is 0. The van der Waals surface area contributed by atoms with Crippen molar-refractivity contribution in [1.29, 1.82) is 0 Å². The number of carbonyl (C=O) groups is 1. The standard InChI is InChI=1S/C19H14F3N3O3S/c1-11-23-9-8-12(24-11)10-17(26)13-4-2-7-16(18(13)22)25-29(27,28)19-14(20)5-3-6-15(19)21/h2-9,25H,10H2,1H3. The van der Waals surface area contributed by atoms with Crippen molar-refractivity contribution < 1.29 is 26.4 Å². The number of hydrogen-bond acceptors (Lipinski definition) is 5. The molecule has 3 aromatic rings. The second-order valence-corrected chi connectivity index (χ2v) is 7.64. The lowest BCUT2D eigenvalue weighted by atomic mass is 10.1. The van der Waals surface area contributed by atoms with Crippen LogP contribution in [0.25, 0.3) is 0 Å². The molecule has 0 amide bonds. The number of hydrogen-bond donors (Lipinski definition) is 1. The summed E-state index contributed by atoms with van der Waals surface area (Å²) in [7, 11) is -4.78. The van der Waals surface area contributed by atoms with Crippen molar-refractivity contribution in [3.8, 4) is 0 Å². The molecule has 1 N–H and O–H groups in total. The first-order valence-corrected chi connectivity index (χ1v) is 9.74. The highest BCUT2D eigenvalue weighted by Crippen LogP contribution is 2.25. The second kappa shape index (κ2) is 8.00. The van der Waals surface area contributed by atoms with Crippen LogP contribution >= 0.6 is 0 Å².